The average molecular weight is 454 g/mol. The fourth-order valence-corrected chi connectivity index (χ4v) is 8.09. The molecule has 6 atom stereocenters. The highest BCUT2D eigenvalue weighted by Crippen LogP contribution is 2.66. The van der Waals surface area contributed by atoms with Gasteiger partial charge >= 0.3 is 0 Å². The van der Waals surface area contributed by atoms with Crippen molar-refractivity contribution in [2.24, 2.45) is 28.6 Å². The van der Waals surface area contributed by atoms with E-state index in [0.717, 1.165) is 30.6 Å². The van der Waals surface area contributed by atoms with E-state index in [1.807, 2.05) is 24.5 Å². The highest BCUT2D eigenvalue weighted by molar-refractivity contribution is 5.94. The maximum absolute atomic E-state index is 12.7. The zero-order valence-electron chi connectivity index (χ0n) is 20.3. The van der Waals surface area contributed by atoms with Crippen LogP contribution < -0.4 is 5.32 Å². The van der Waals surface area contributed by atoms with Crippen LogP contribution in [0.25, 0.3) is 5.57 Å². The molecule has 2 saturated carbocycles. The van der Waals surface area contributed by atoms with E-state index in [2.05, 4.69) is 53.4 Å². The van der Waals surface area contributed by atoms with Crippen LogP contribution in [0.2, 0.25) is 0 Å². The number of pyridine rings is 2. The van der Waals surface area contributed by atoms with Crippen molar-refractivity contribution in [2.45, 2.75) is 64.8 Å². The molecule has 2 fully saturated rings. The molecule has 0 radical (unpaired) electrons. The first kappa shape index (κ1) is 21.8. The van der Waals surface area contributed by atoms with Gasteiger partial charge in [0.15, 0.2) is 0 Å². The van der Waals surface area contributed by atoms with Crippen LogP contribution in [-0.2, 0) is 0 Å². The van der Waals surface area contributed by atoms with Crippen LogP contribution in [0, 0.1) is 28.6 Å². The Kier molecular flexibility index (Phi) is 5.24. The Labute approximate surface area is 203 Å². The molecular weight excluding hydrogens is 418 g/mol. The number of amides is 1. The summed E-state index contributed by atoms with van der Waals surface area (Å²) in [6.45, 7) is 5.05. The first-order valence-electron chi connectivity index (χ1n) is 13.0. The molecule has 4 aliphatic carbocycles. The zero-order valence-corrected chi connectivity index (χ0v) is 20.3. The summed E-state index contributed by atoms with van der Waals surface area (Å²) in [4.78, 5) is 21.2. The first-order valence-corrected chi connectivity index (χ1v) is 13.0. The summed E-state index contributed by atoms with van der Waals surface area (Å²) in [5, 5.41) is 3.29. The summed E-state index contributed by atoms with van der Waals surface area (Å²) < 4.78 is 0. The largest absolute Gasteiger partial charge is 0.349 e. The lowest BCUT2D eigenvalue weighted by molar-refractivity contribution is -0.0123. The van der Waals surface area contributed by atoms with Crippen molar-refractivity contribution in [1.29, 1.82) is 0 Å². The molecule has 1 amide bonds. The van der Waals surface area contributed by atoms with E-state index >= 15 is 0 Å². The third-order valence-electron chi connectivity index (χ3n) is 9.92. The van der Waals surface area contributed by atoms with Crippen LogP contribution in [-0.4, -0.2) is 21.9 Å². The van der Waals surface area contributed by atoms with Crippen molar-refractivity contribution in [3.63, 3.8) is 0 Å². The highest BCUT2D eigenvalue weighted by Gasteiger charge is 2.56. The van der Waals surface area contributed by atoms with Crippen LogP contribution in [0.15, 0.2) is 66.8 Å². The number of nitrogens with one attached hydrogen (secondary N) is 1. The van der Waals surface area contributed by atoms with E-state index in [1.165, 1.54) is 43.2 Å². The number of carbonyl (C=O) groups is 1. The molecule has 0 aromatic carbocycles. The minimum atomic E-state index is 0.00406. The van der Waals surface area contributed by atoms with Gasteiger partial charge in [0.05, 0.1) is 5.56 Å². The molecule has 2 heterocycles. The number of allylic oxidation sites excluding steroid dienone is 3. The molecule has 4 aliphatic rings. The standard InChI is InChI=1S/C30H35N3O/c1-29-13-11-23(33-28(34)21-6-4-16-32-19-21)17-22(29)7-8-24-26-10-9-25(20-5-3-15-31-18-20)30(26,2)14-12-27(24)29/h3-7,9,15-16,18-19,23-24,26-27H,8,10-14,17H2,1-2H3,(H,33,34)/t23-,24?,26?,27?,29-,30+/m0/s1. The number of nitrogens with zero attached hydrogens (tertiary/aromatic N) is 2. The molecule has 2 aromatic rings. The Morgan fingerprint density at radius 1 is 0.941 bits per heavy atom. The van der Waals surface area contributed by atoms with Crippen LogP contribution >= 0.6 is 0 Å². The number of aromatic nitrogens is 2. The van der Waals surface area contributed by atoms with Crippen molar-refractivity contribution in [1.82, 2.24) is 15.3 Å². The number of rotatable bonds is 3. The lowest BCUT2D eigenvalue weighted by atomic mass is 9.47. The van der Waals surface area contributed by atoms with Crippen LogP contribution in [0.5, 0.6) is 0 Å². The summed E-state index contributed by atoms with van der Waals surface area (Å²) >= 11 is 0. The molecule has 6 rings (SSSR count). The minimum Gasteiger partial charge on any atom is -0.349 e. The quantitative estimate of drug-likeness (QED) is 0.560. The summed E-state index contributed by atoms with van der Waals surface area (Å²) in [6, 6.07) is 8.20. The number of hydrogen-bond acceptors (Lipinski definition) is 3. The summed E-state index contributed by atoms with van der Waals surface area (Å²) in [6.07, 6.45) is 20.6. The Hall–Kier alpha value is -2.75. The second kappa shape index (κ2) is 8.18. The predicted octanol–water partition coefficient (Wildman–Crippen LogP) is 6.23. The average Bonchev–Trinajstić information content (AvgIpc) is 3.22. The highest BCUT2D eigenvalue weighted by atomic mass is 16.1. The third-order valence-corrected chi connectivity index (χ3v) is 9.92. The predicted molar refractivity (Wildman–Crippen MR) is 135 cm³/mol. The number of fused-ring (bicyclic) bond motifs is 5. The van der Waals surface area contributed by atoms with Gasteiger partial charge < -0.3 is 5.32 Å². The van der Waals surface area contributed by atoms with E-state index in [1.54, 1.807) is 18.0 Å². The topological polar surface area (TPSA) is 54.9 Å². The summed E-state index contributed by atoms with van der Waals surface area (Å²) in [7, 11) is 0. The maximum atomic E-state index is 12.7. The lowest BCUT2D eigenvalue weighted by Gasteiger charge is -2.58. The molecule has 4 nitrogen and oxygen atoms in total. The SMILES string of the molecule is C[C@]12CC[C@H](NC(=O)c3cccnc3)CC1=CCC1C2CC[C@]2(C)C(c3cccnc3)=CCC12. The molecule has 1 N–H and O–H groups in total. The van der Waals surface area contributed by atoms with Crippen molar-refractivity contribution in [2.75, 3.05) is 0 Å². The van der Waals surface area contributed by atoms with Gasteiger partial charge in [-0.1, -0.05) is 37.6 Å². The summed E-state index contributed by atoms with van der Waals surface area (Å²) in [5.41, 5.74) is 5.63. The lowest BCUT2D eigenvalue weighted by Crippen LogP contribution is -2.51. The first-order chi connectivity index (χ1) is 16.5. The summed E-state index contributed by atoms with van der Waals surface area (Å²) in [5.74, 6) is 2.23. The molecule has 0 aliphatic heterocycles. The Morgan fingerprint density at radius 2 is 1.74 bits per heavy atom. The monoisotopic (exact) mass is 453 g/mol. The van der Waals surface area contributed by atoms with E-state index in [0.29, 0.717) is 5.56 Å². The number of carbonyl (C=O) groups excluding carboxylic acids is 1. The molecule has 3 unspecified atom stereocenters. The van der Waals surface area contributed by atoms with Crippen molar-refractivity contribution in [3.8, 4) is 0 Å². The molecular formula is C30H35N3O. The van der Waals surface area contributed by atoms with Crippen molar-refractivity contribution < 1.29 is 4.79 Å². The second-order valence-electron chi connectivity index (χ2n) is 11.5. The fourth-order valence-electron chi connectivity index (χ4n) is 8.09. The van der Waals surface area contributed by atoms with Crippen LogP contribution in [0.1, 0.15) is 74.7 Å². The number of hydrogen-bond donors (Lipinski definition) is 1. The van der Waals surface area contributed by atoms with Crippen molar-refractivity contribution in [3.05, 3.63) is 77.9 Å². The normalized spacial score (nSPS) is 36.4. The van der Waals surface area contributed by atoms with Gasteiger partial charge in [-0.15, -0.1) is 0 Å². The van der Waals surface area contributed by atoms with Gasteiger partial charge in [-0.2, -0.15) is 0 Å². The van der Waals surface area contributed by atoms with Gasteiger partial charge in [0.1, 0.15) is 0 Å². The van der Waals surface area contributed by atoms with Gasteiger partial charge in [-0.25, -0.2) is 0 Å². The van der Waals surface area contributed by atoms with Crippen LogP contribution in [0.3, 0.4) is 0 Å². The Bertz CT molecular complexity index is 1140. The second-order valence-corrected chi connectivity index (χ2v) is 11.5. The van der Waals surface area contributed by atoms with E-state index in [4.69, 9.17) is 0 Å². The van der Waals surface area contributed by atoms with Gasteiger partial charge in [-0.05, 0) is 103 Å². The minimum absolute atomic E-state index is 0.00406. The smallest absolute Gasteiger partial charge is 0.253 e. The van der Waals surface area contributed by atoms with Gasteiger partial charge in [0, 0.05) is 30.8 Å². The van der Waals surface area contributed by atoms with Gasteiger partial charge in [0.2, 0.25) is 0 Å². The molecule has 2 aromatic heterocycles. The van der Waals surface area contributed by atoms with Gasteiger partial charge in [0.25, 0.3) is 5.91 Å². The fraction of sp³-hybridized carbons (Fsp3) is 0.500. The Morgan fingerprint density at radius 3 is 2.50 bits per heavy atom. The zero-order chi connectivity index (χ0) is 23.3. The Balaban J connectivity index is 1.20. The van der Waals surface area contributed by atoms with Crippen LogP contribution in [0.4, 0.5) is 0 Å². The third kappa shape index (κ3) is 3.37. The molecule has 34 heavy (non-hydrogen) atoms. The molecule has 0 saturated heterocycles. The maximum Gasteiger partial charge on any atom is 0.253 e. The molecule has 0 spiro atoms. The van der Waals surface area contributed by atoms with Crippen molar-refractivity contribution >= 4 is 11.5 Å². The van der Waals surface area contributed by atoms with Gasteiger partial charge in [-0.3, -0.25) is 14.8 Å². The van der Waals surface area contributed by atoms with E-state index in [9.17, 15) is 4.79 Å². The van der Waals surface area contributed by atoms with E-state index in [-0.39, 0.29) is 22.8 Å². The molecule has 0 bridgehead atoms. The van der Waals surface area contributed by atoms with E-state index < -0.39 is 0 Å². The molecule has 4 heteroatoms. The molecule has 176 valence electrons.